The number of fused-ring (bicyclic) bond motifs is 2. The maximum atomic E-state index is 13.1. The van der Waals surface area contributed by atoms with Crippen molar-refractivity contribution < 1.29 is 19.1 Å². The van der Waals surface area contributed by atoms with Crippen LogP contribution < -0.4 is 0 Å². The standard InChI is InChI=1S/C24H40O4/c1-7-24(6,22(2,3)4)21(26)27-19-15-16-13-17(19)18(14-16)20(25)28-23(5)11-9-8-10-12-23/h16-19H,7-15H2,1-6H3. The van der Waals surface area contributed by atoms with E-state index < -0.39 is 5.41 Å². The van der Waals surface area contributed by atoms with Gasteiger partial charge in [-0.25, -0.2) is 0 Å². The minimum atomic E-state index is -0.513. The van der Waals surface area contributed by atoms with Crippen LogP contribution in [-0.2, 0) is 19.1 Å². The quantitative estimate of drug-likeness (QED) is 0.565. The van der Waals surface area contributed by atoms with E-state index in [1.807, 2.05) is 6.92 Å². The van der Waals surface area contributed by atoms with Crippen molar-refractivity contribution in [3.05, 3.63) is 0 Å². The Bertz CT molecular complexity index is 598. The fraction of sp³-hybridized carbons (Fsp3) is 0.917. The van der Waals surface area contributed by atoms with Crippen molar-refractivity contribution in [2.24, 2.45) is 28.6 Å². The second-order valence-electron chi connectivity index (χ2n) is 11.2. The Morgan fingerprint density at radius 1 is 1.00 bits per heavy atom. The van der Waals surface area contributed by atoms with Crippen LogP contribution in [0.3, 0.4) is 0 Å². The minimum Gasteiger partial charge on any atom is -0.462 e. The second kappa shape index (κ2) is 7.65. The van der Waals surface area contributed by atoms with E-state index in [0.29, 0.717) is 5.92 Å². The van der Waals surface area contributed by atoms with E-state index in [9.17, 15) is 9.59 Å². The topological polar surface area (TPSA) is 52.6 Å². The molecule has 160 valence electrons. The fourth-order valence-corrected chi connectivity index (χ4v) is 5.66. The third kappa shape index (κ3) is 3.98. The normalized spacial score (nSPS) is 33.9. The van der Waals surface area contributed by atoms with Gasteiger partial charge in [0.2, 0.25) is 0 Å². The molecule has 3 aliphatic rings. The van der Waals surface area contributed by atoms with Crippen LogP contribution >= 0.6 is 0 Å². The number of hydrogen-bond donors (Lipinski definition) is 0. The maximum Gasteiger partial charge on any atom is 0.312 e. The Hall–Kier alpha value is -1.06. The van der Waals surface area contributed by atoms with Crippen LogP contribution in [0, 0.1) is 28.6 Å². The first-order chi connectivity index (χ1) is 13.0. The number of hydrogen-bond acceptors (Lipinski definition) is 4. The van der Waals surface area contributed by atoms with Crippen molar-refractivity contribution in [3.63, 3.8) is 0 Å². The molecule has 4 heteroatoms. The Kier molecular flexibility index (Phi) is 5.91. The highest BCUT2D eigenvalue weighted by atomic mass is 16.6. The van der Waals surface area contributed by atoms with Crippen LogP contribution in [0.25, 0.3) is 0 Å². The molecule has 0 aromatic rings. The average Bonchev–Trinajstić information content (AvgIpc) is 3.20. The number of carbonyl (C=O) groups excluding carboxylic acids is 2. The van der Waals surface area contributed by atoms with Crippen molar-refractivity contribution in [2.75, 3.05) is 0 Å². The molecule has 5 atom stereocenters. The lowest BCUT2D eigenvalue weighted by Gasteiger charge is -2.41. The molecule has 4 nitrogen and oxygen atoms in total. The molecule has 3 saturated carbocycles. The van der Waals surface area contributed by atoms with Gasteiger partial charge in [-0.3, -0.25) is 9.59 Å². The molecule has 3 rings (SSSR count). The van der Waals surface area contributed by atoms with E-state index in [4.69, 9.17) is 9.47 Å². The van der Waals surface area contributed by atoms with E-state index in [0.717, 1.165) is 51.4 Å². The Morgan fingerprint density at radius 2 is 1.64 bits per heavy atom. The van der Waals surface area contributed by atoms with E-state index in [1.165, 1.54) is 6.42 Å². The zero-order valence-electron chi connectivity index (χ0n) is 18.8. The molecule has 0 aliphatic heterocycles. The zero-order chi connectivity index (χ0) is 20.7. The first-order valence-electron chi connectivity index (χ1n) is 11.4. The molecule has 0 N–H and O–H groups in total. The summed E-state index contributed by atoms with van der Waals surface area (Å²) in [6.45, 7) is 12.5. The van der Waals surface area contributed by atoms with Crippen LogP contribution in [0.5, 0.6) is 0 Å². The van der Waals surface area contributed by atoms with E-state index >= 15 is 0 Å². The summed E-state index contributed by atoms with van der Waals surface area (Å²) in [6, 6.07) is 0. The first kappa shape index (κ1) is 21.6. The first-order valence-corrected chi connectivity index (χ1v) is 11.4. The summed E-state index contributed by atoms with van der Waals surface area (Å²) in [6.07, 6.45) is 8.88. The molecular weight excluding hydrogens is 352 g/mol. The lowest BCUT2D eigenvalue weighted by Crippen LogP contribution is -2.45. The van der Waals surface area contributed by atoms with Crippen LogP contribution in [0.2, 0.25) is 0 Å². The number of esters is 2. The van der Waals surface area contributed by atoms with Gasteiger partial charge in [-0.2, -0.15) is 0 Å². The predicted octanol–water partition coefficient (Wildman–Crippen LogP) is 5.67. The largest absolute Gasteiger partial charge is 0.462 e. The average molecular weight is 393 g/mol. The minimum absolute atomic E-state index is 0.0493. The summed E-state index contributed by atoms with van der Waals surface area (Å²) in [4.78, 5) is 26.1. The van der Waals surface area contributed by atoms with Crippen LogP contribution in [0.1, 0.15) is 99.3 Å². The molecule has 28 heavy (non-hydrogen) atoms. The van der Waals surface area contributed by atoms with Crippen LogP contribution in [-0.4, -0.2) is 23.6 Å². The molecule has 3 fully saturated rings. The molecule has 0 saturated heterocycles. The molecule has 0 heterocycles. The van der Waals surface area contributed by atoms with Crippen LogP contribution in [0.15, 0.2) is 0 Å². The lowest BCUT2D eigenvalue weighted by molar-refractivity contribution is -0.179. The van der Waals surface area contributed by atoms with Gasteiger partial charge < -0.3 is 9.47 Å². The smallest absolute Gasteiger partial charge is 0.312 e. The van der Waals surface area contributed by atoms with Crippen molar-refractivity contribution in [2.45, 2.75) is 111 Å². The molecule has 2 bridgehead atoms. The van der Waals surface area contributed by atoms with Gasteiger partial charge in [0.15, 0.2) is 0 Å². The van der Waals surface area contributed by atoms with E-state index in [-0.39, 0.29) is 40.9 Å². The highest BCUT2D eigenvalue weighted by Crippen LogP contribution is 2.52. The lowest BCUT2D eigenvalue weighted by atomic mass is 9.66. The van der Waals surface area contributed by atoms with Crippen molar-refractivity contribution in [1.82, 2.24) is 0 Å². The van der Waals surface area contributed by atoms with Crippen molar-refractivity contribution in [1.29, 1.82) is 0 Å². The highest BCUT2D eigenvalue weighted by molar-refractivity contribution is 5.78. The van der Waals surface area contributed by atoms with E-state index in [2.05, 4.69) is 34.6 Å². The molecule has 5 unspecified atom stereocenters. The number of ether oxygens (including phenoxy) is 2. The van der Waals surface area contributed by atoms with Crippen molar-refractivity contribution in [3.8, 4) is 0 Å². The third-order valence-corrected chi connectivity index (χ3v) is 8.39. The van der Waals surface area contributed by atoms with Crippen molar-refractivity contribution >= 4 is 11.9 Å². The summed E-state index contributed by atoms with van der Waals surface area (Å²) in [5.41, 5.74) is -0.971. The second-order valence-corrected chi connectivity index (χ2v) is 11.2. The molecular formula is C24H40O4. The fourth-order valence-electron chi connectivity index (χ4n) is 5.66. The predicted molar refractivity (Wildman–Crippen MR) is 110 cm³/mol. The summed E-state index contributed by atoms with van der Waals surface area (Å²) >= 11 is 0. The SMILES string of the molecule is CCC(C)(C(=O)OC1CC2CC(C(=O)OC3(C)CCCCC3)C1C2)C(C)(C)C. The van der Waals surface area contributed by atoms with Gasteiger partial charge in [-0.05, 0) is 76.5 Å². The van der Waals surface area contributed by atoms with Gasteiger partial charge >= 0.3 is 11.9 Å². The Morgan fingerprint density at radius 3 is 2.18 bits per heavy atom. The molecule has 0 amide bonds. The van der Waals surface area contributed by atoms with Gasteiger partial charge in [0.05, 0.1) is 11.3 Å². The number of carbonyl (C=O) groups is 2. The Labute approximate surface area is 171 Å². The summed E-state index contributed by atoms with van der Waals surface area (Å²) in [7, 11) is 0. The maximum absolute atomic E-state index is 13.1. The molecule has 0 aromatic carbocycles. The monoisotopic (exact) mass is 392 g/mol. The number of rotatable bonds is 5. The summed E-state index contributed by atoms with van der Waals surface area (Å²) in [5, 5.41) is 0. The third-order valence-electron chi connectivity index (χ3n) is 8.39. The molecule has 3 aliphatic carbocycles. The van der Waals surface area contributed by atoms with Gasteiger partial charge in [0.1, 0.15) is 11.7 Å². The molecule has 0 radical (unpaired) electrons. The summed E-state index contributed by atoms with van der Waals surface area (Å²) < 4.78 is 12.1. The van der Waals surface area contributed by atoms with Crippen LogP contribution in [0.4, 0.5) is 0 Å². The zero-order valence-corrected chi connectivity index (χ0v) is 18.8. The van der Waals surface area contributed by atoms with Gasteiger partial charge in [-0.15, -0.1) is 0 Å². The van der Waals surface area contributed by atoms with Gasteiger partial charge in [-0.1, -0.05) is 34.1 Å². The van der Waals surface area contributed by atoms with E-state index in [1.54, 1.807) is 0 Å². The Balaban J connectivity index is 1.64. The highest BCUT2D eigenvalue weighted by Gasteiger charge is 2.54. The molecule has 0 spiro atoms. The summed E-state index contributed by atoms with van der Waals surface area (Å²) in [5.74, 6) is 0.368. The van der Waals surface area contributed by atoms with Gasteiger partial charge in [0, 0.05) is 5.92 Å². The molecule has 0 aromatic heterocycles. The van der Waals surface area contributed by atoms with Gasteiger partial charge in [0.25, 0.3) is 0 Å².